The summed E-state index contributed by atoms with van der Waals surface area (Å²) >= 11 is 0. The fraction of sp³-hybridized carbons (Fsp3) is 0.533. The van der Waals surface area contributed by atoms with Gasteiger partial charge < -0.3 is 9.64 Å². The highest BCUT2D eigenvalue weighted by Crippen LogP contribution is 2.57. The predicted molar refractivity (Wildman–Crippen MR) is 67.3 cm³/mol. The van der Waals surface area contributed by atoms with Crippen molar-refractivity contribution in [3.05, 3.63) is 29.8 Å². The molecule has 0 radical (unpaired) electrons. The van der Waals surface area contributed by atoms with E-state index in [9.17, 15) is 4.79 Å². The molecule has 1 aromatic carbocycles. The molecule has 2 bridgehead atoms. The molecular formula is C15H17NO2. The Labute approximate surface area is 107 Å². The van der Waals surface area contributed by atoms with Crippen LogP contribution in [0.25, 0.3) is 0 Å². The maximum atomic E-state index is 12.2. The standard InChI is InChI=1S/C15H17NO2/c1-16-14(17)9-11-10-5-2-3-7-13(10)18-15(16)8-4-6-12(11)15/h2-3,5,7,11-12H,4,6,8-9H2,1H3/t11-,12+,15+/m0/s1. The van der Waals surface area contributed by atoms with E-state index in [4.69, 9.17) is 4.74 Å². The molecule has 0 N–H and O–H groups in total. The van der Waals surface area contributed by atoms with Gasteiger partial charge >= 0.3 is 0 Å². The second-order valence-corrected chi connectivity index (χ2v) is 5.75. The fourth-order valence-corrected chi connectivity index (χ4v) is 4.19. The van der Waals surface area contributed by atoms with E-state index in [0.29, 0.717) is 18.3 Å². The molecule has 1 saturated carbocycles. The zero-order chi connectivity index (χ0) is 12.3. The van der Waals surface area contributed by atoms with Crippen molar-refractivity contribution in [1.29, 1.82) is 0 Å². The van der Waals surface area contributed by atoms with Gasteiger partial charge in [-0.15, -0.1) is 0 Å². The van der Waals surface area contributed by atoms with Crippen molar-refractivity contribution in [2.75, 3.05) is 7.05 Å². The summed E-state index contributed by atoms with van der Waals surface area (Å²) in [6.07, 6.45) is 3.96. The Morgan fingerprint density at radius 2 is 2.22 bits per heavy atom. The van der Waals surface area contributed by atoms with Crippen molar-refractivity contribution >= 4 is 5.91 Å². The molecule has 1 amide bonds. The van der Waals surface area contributed by atoms with Gasteiger partial charge in [0.15, 0.2) is 5.72 Å². The minimum absolute atomic E-state index is 0.229. The Hall–Kier alpha value is -1.51. The molecule has 3 nitrogen and oxygen atoms in total. The highest BCUT2D eigenvalue weighted by Gasteiger charge is 2.59. The first kappa shape index (κ1) is 10.4. The molecule has 3 heteroatoms. The molecule has 2 fully saturated rings. The molecule has 2 heterocycles. The summed E-state index contributed by atoms with van der Waals surface area (Å²) in [6.45, 7) is 0. The molecule has 2 aliphatic heterocycles. The molecule has 1 saturated heterocycles. The number of ether oxygens (including phenoxy) is 1. The lowest BCUT2D eigenvalue weighted by Crippen LogP contribution is -2.63. The minimum atomic E-state index is -0.353. The lowest BCUT2D eigenvalue weighted by atomic mass is 9.73. The zero-order valence-corrected chi connectivity index (χ0v) is 10.6. The second kappa shape index (κ2) is 3.28. The van der Waals surface area contributed by atoms with E-state index in [-0.39, 0.29) is 11.6 Å². The van der Waals surface area contributed by atoms with E-state index < -0.39 is 0 Å². The third-order valence-electron chi connectivity index (χ3n) is 5.06. The van der Waals surface area contributed by atoms with Gasteiger partial charge in [-0.2, -0.15) is 0 Å². The zero-order valence-electron chi connectivity index (χ0n) is 10.6. The van der Waals surface area contributed by atoms with Crippen molar-refractivity contribution in [3.8, 4) is 5.75 Å². The Balaban J connectivity index is 1.93. The number of benzene rings is 1. The summed E-state index contributed by atoms with van der Waals surface area (Å²) < 4.78 is 6.30. The molecule has 0 unspecified atom stereocenters. The van der Waals surface area contributed by atoms with Crippen LogP contribution in [-0.4, -0.2) is 23.6 Å². The highest BCUT2D eigenvalue weighted by molar-refractivity contribution is 5.80. The monoisotopic (exact) mass is 243 g/mol. The van der Waals surface area contributed by atoms with Crippen LogP contribution in [0, 0.1) is 5.92 Å². The van der Waals surface area contributed by atoms with Gasteiger partial charge in [-0.05, 0) is 24.5 Å². The van der Waals surface area contributed by atoms with Gasteiger partial charge in [0, 0.05) is 31.7 Å². The number of para-hydroxylation sites is 1. The molecule has 3 atom stereocenters. The van der Waals surface area contributed by atoms with Gasteiger partial charge in [-0.1, -0.05) is 18.2 Å². The normalized spacial score (nSPS) is 36.9. The topological polar surface area (TPSA) is 29.5 Å². The predicted octanol–water partition coefficient (Wildman–Crippen LogP) is 2.52. The van der Waals surface area contributed by atoms with Crippen molar-refractivity contribution < 1.29 is 9.53 Å². The third kappa shape index (κ3) is 1.08. The van der Waals surface area contributed by atoms with Crippen LogP contribution in [0.4, 0.5) is 0 Å². The van der Waals surface area contributed by atoms with E-state index in [1.54, 1.807) is 0 Å². The van der Waals surface area contributed by atoms with E-state index in [2.05, 4.69) is 6.07 Å². The highest BCUT2D eigenvalue weighted by atomic mass is 16.5. The van der Waals surface area contributed by atoms with Crippen LogP contribution in [0.2, 0.25) is 0 Å². The average Bonchev–Trinajstić information content (AvgIpc) is 2.81. The first-order chi connectivity index (χ1) is 8.72. The lowest BCUT2D eigenvalue weighted by Gasteiger charge is -2.53. The van der Waals surface area contributed by atoms with Crippen LogP contribution in [0.3, 0.4) is 0 Å². The van der Waals surface area contributed by atoms with Crippen molar-refractivity contribution in [3.63, 3.8) is 0 Å². The average molecular weight is 243 g/mol. The number of rotatable bonds is 0. The van der Waals surface area contributed by atoms with Crippen LogP contribution in [-0.2, 0) is 4.79 Å². The largest absolute Gasteiger partial charge is 0.467 e. The molecule has 0 spiro atoms. The minimum Gasteiger partial charge on any atom is -0.467 e. The van der Waals surface area contributed by atoms with E-state index in [1.165, 1.54) is 12.0 Å². The SMILES string of the molecule is CN1C(=O)C[C@H]2c3ccccc3O[C@@]13CCC[C@H]23. The van der Waals surface area contributed by atoms with E-state index in [0.717, 1.165) is 18.6 Å². The second-order valence-electron chi connectivity index (χ2n) is 5.75. The number of fused-ring (bicyclic) bond motifs is 2. The van der Waals surface area contributed by atoms with Crippen LogP contribution in [0.5, 0.6) is 5.75 Å². The number of carbonyl (C=O) groups is 1. The quantitative estimate of drug-likeness (QED) is 0.700. The maximum absolute atomic E-state index is 12.2. The van der Waals surface area contributed by atoms with Gasteiger partial charge in [-0.25, -0.2) is 0 Å². The van der Waals surface area contributed by atoms with Gasteiger partial charge in [0.05, 0.1) is 0 Å². The van der Waals surface area contributed by atoms with Crippen molar-refractivity contribution in [2.45, 2.75) is 37.3 Å². The van der Waals surface area contributed by atoms with Gasteiger partial charge in [-0.3, -0.25) is 4.79 Å². The molecule has 3 aliphatic rings. The first-order valence-electron chi connectivity index (χ1n) is 6.77. The van der Waals surface area contributed by atoms with Crippen LogP contribution in [0.15, 0.2) is 24.3 Å². The summed E-state index contributed by atoms with van der Waals surface area (Å²) in [5.74, 6) is 2.06. The fourth-order valence-electron chi connectivity index (χ4n) is 4.19. The summed E-state index contributed by atoms with van der Waals surface area (Å²) in [5, 5.41) is 0. The lowest BCUT2D eigenvalue weighted by molar-refractivity contribution is -0.175. The summed E-state index contributed by atoms with van der Waals surface area (Å²) in [5.41, 5.74) is 0.885. The number of nitrogens with zero attached hydrogens (tertiary/aromatic N) is 1. The maximum Gasteiger partial charge on any atom is 0.226 e. The molecule has 18 heavy (non-hydrogen) atoms. The van der Waals surface area contributed by atoms with Gasteiger partial charge in [0.1, 0.15) is 5.75 Å². The Morgan fingerprint density at radius 3 is 3.11 bits per heavy atom. The summed E-state index contributed by atoms with van der Waals surface area (Å²) in [7, 11) is 1.91. The van der Waals surface area contributed by atoms with Crippen molar-refractivity contribution in [1.82, 2.24) is 4.90 Å². The van der Waals surface area contributed by atoms with E-state index >= 15 is 0 Å². The number of hydrogen-bond donors (Lipinski definition) is 0. The Bertz CT molecular complexity index is 527. The summed E-state index contributed by atoms with van der Waals surface area (Å²) in [4.78, 5) is 14.1. The molecule has 0 aromatic heterocycles. The molecule has 1 aliphatic carbocycles. The van der Waals surface area contributed by atoms with E-state index in [1.807, 2.05) is 30.1 Å². The Morgan fingerprint density at radius 1 is 1.39 bits per heavy atom. The molecular weight excluding hydrogens is 226 g/mol. The number of carbonyl (C=O) groups excluding carboxylic acids is 1. The number of piperidine rings is 1. The first-order valence-corrected chi connectivity index (χ1v) is 6.77. The van der Waals surface area contributed by atoms with Crippen LogP contribution >= 0.6 is 0 Å². The van der Waals surface area contributed by atoms with Crippen molar-refractivity contribution in [2.24, 2.45) is 5.92 Å². The van der Waals surface area contributed by atoms with Crippen LogP contribution < -0.4 is 4.74 Å². The van der Waals surface area contributed by atoms with Gasteiger partial charge in [0.25, 0.3) is 0 Å². The number of hydrogen-bond acceptors (Lipinski definition) is 2. The number of amides is 1. The molecule has 4 rings (SSSR count). The smallest absolute Gasteiger partial charge is 0.226 e. The Kier molecular flexibility index (Phi) is 1.90. The number of likely N-dealkylation sites (tertiary alicyclic amines) is 1. The molecule has 94 valence electrons. The molecule has 1 aromatic rings. The summed E-state index contributed by atoms with van der Waals surface area (Å²) in [6, 6.07) is 8.23. The van der Waals surface area contributed by atoms with Gasteiger partial charge in [0.2, 0.25) is 5.91 Å². The van der Waals surface area contributed by atoms with Crippen LogP contribution in [0.1, 0.15) is 37.2 Å². The third-order valence-corrected chi connectivity index (χ3v) is 5.06.